The van der Waals surface area contributed by atoms with E-state index in [0.717, 1.165) is 17.7 Å². The molecule has 0 saturated carbocycles. The van der Waals surface area contributed by atoms with Gasteiger partial charge in [-0.25, -0.2) is 0 Å². The summed E-state index contributed by atoms with van der Waals surface area (Å²) in [6, 6.07) is 5.62. The maximum absolute atomic E-state index is 5.89. The lowest BCUT2D eigenvalue weighted by Gasteiger charge is -2.38. The van der Waals surface area contributed by atoms with E-state index in [1.165, 1.54) is 0 Å². The Kier molecular flexibility index (Phi) is 4.63. The van der Waals surface area contributed by atoms with Crippen LogP contribution >= 0.6 is 0 Å². The lowest BCUT2D eigenvalue weighted by Crippen LogP contribution is -2.40. The van der Waals surface area contributed by atoms with Crippen LogP contribution in [-0.4, -0.2) is 34.0 Å². The van der Waals surface area contributed by atoms with Crippen LogP contribution in [0.1, 0.15) is 18.4 Å². The van der Waals surface area contributed by atoms with Crippen molar-refractivity contribution in [3.63, 3.8) is 0 Å². The van der Waals surface area contributed by atoms with E-state index < -0.39 is 5.79 Å². The van der Waals surface area contributed by atoms with Crippen molar-refractivity contribution in [1.29, 1.82) is 0 Å². The number of nitrogens with two attached hydrogens (primary N) is 1. The third-order valence-electron chi connectivity index (χ3n) is 3.25. The van der Waals surface area contributed by atoms with Crippen molar-refractivity contribution in [2.24, 2.45) is 5.73 Å². The van der Waals surface area contributed by atoms with E-state index in [4.69, 9.17) is 24.7 Å². The zero-order chi connectivity index (χ0) is 13.7. The minimum atomic E-state index is -0.801. The monoisotopic (exact) mass is 267 g/mol. The molecule has 0 amide bonds. The predicted molar refractivity (Wildman–Crippen MR) is 71.4 cm³/mol. The van der Waals surface area contributed by atoms with Crippen LogP contribution in [0.3, 0.4) is 0 Å². The number of ether oxygens (including phenoxy) is 4. The second-order valence-corrected chi connectivity index (χ2v) is 4.41. The van der Waals surface area contributed by atoms with Crippen molar-refractivity contribution in [3.05, 3.63) is 23.8 Å². The summed E-state index contributed by atoms with van der Waals surface area (Å²) < 4.78 is 22.4. The van der Waals surface area contributed by atoms with E-state index in [1.54, 1.807) is 14.2 Å². The molecule has 2 N–H and O–H groups in total. The average molecular weight is 267 g/mol. The molecule has 1 fully saturated rings. The first-order valence-corrected chi connectivity index (χ1v) is 6.46. The summed E-state index contributed by atoms with van der Waals surface area (Å²) >= 11 is 0. The van der Waals surface area contributed by atoms with Gasteiger partial charge in [0.1, 0.15) is 11.5 Å². The molecule has 1 saturated heterocycles. The van der Waals surface area contributed by atoms with Crippen molar-refractivity contribution < 1.29 is 18.9 Å². The van der Waals surface area contributed by atoms with E-state index in [-0.39, 0.29) is 0 Å². The van der Waals surface area contributed by atoms with Gasteiger partial charge >= 0.3 is 0 Å². The van der Waals surface area contributed by atoms with E-state index in [0.29, 0.717) is 31.9 Å². The van der Waals surface area contributed by atoms with Crippen LogP contribution in [0.2, 0.25) is 0 Å². The normalized spacial score (nSPS) is 18.1. The highest BCUT2D eigenvalue weighted by atomic mass is 16.7. The largest absolute Gasteiger partial charge is 0.497 e. The fourth-order valence-corrected chi connectivity index (χ4v) is 2.31. The van der Waals surface area contributed by atoms with Crippen LogP contribution in [0.4, 0.5) is 0 Å². The molecule has 5 heteroatoms. The minimum Gasteiger partial charge on any atom is -0.497 e. The highest BCUT2D eigenvalue weighted by Gasteiger charge is 2.38. The van der Waals surface area contributed by atoms with Crippen LogP contribution in [0.5, 0.6) is 11.5 Å². The van der Waals surface area contributed by atoms with Crippen molar-refractivity contribution >= 4 is 0 Å². The molecular weight excluding hydrogens is 246 g/mol. The quantitative estimate of drug-likeness (QED) is 0.878. The molecule has 0 spiro atoms. The van der Waals surface area contributed by atoms with Crippen LogP contribution in [0.15, 0.2) is 18.2 Å². The molecular formula is C14H21NO4. The molecule has 0 atom stereocenters. The molecule has 1 aliphatic heterocycles. The van der Waals surface area contributed by atoms with Gasteiger partial charge in [-0.3, -0.25) is 0 Å². The van der Waals surface area contributed by atoms with Crippen molar-refractivity contribution in [2.45, 2.75) is 18.6 Å². The topological polar surface area (TPSA) is 62.9 Å². The lowest BCUT2D eigenvalue weighted by atomic mass is 9.99. The summed E-state index contributed by atoms with van der Waals surface area (Å²) in [5.74, 6) is 0.624. The first kappa shape index (κ1) is 14.1. The second-order valence-electron chi connectivity index (χ2n) is 4.41. The van der Waals surface area contributed by atoms with E-state index in [9.17, 15) is 0 Å². The number of benzene rings is 1. The smallest absolute Gasteiger partial charge is 0.199 e. The summed E-state index contributed by atoms with van der Waals surface area (Å²) in [7, 11) is 3.24. The number of rotatable bonds is 5. The Bertz CT molecular complexity index is 410. The van der Waals surface area contributed by atoms with Gasteiger partial charge < -0.3 is 24.7 Å². The van der Waals surface area contributed by atoms with Crippen LogP contribution in [0.25, 0.3) is 0 Å². The molecule has 1 aromatic rings. The van der Waals surface area contributed by atoms with Gasteiger partial charge in [0.2, 0.25) is 0 Å². The highest BCUT2D eigenvalue weighted by molar-refractivity contribution is 5.43. The van der Waals surface area contributed by atoms with E-state index >= 15 is 0 Å². The Balaban J connectivity index is 2.40. The minimum absolute atomic E-state index is 0.481. The lowest BCUT2D eigenvalue weighted by molar-refractivity contribution is -0.279. The van der Waals surface area contributed by atoms with E-state index in [1.807, 2.05) is 18.2 Å². The van der Waals surface area contributed by atoms with Gasteiger partial charge in [0, 0.05) is 12.5 Å². The first-order valence-electron chi connectivity index (χ1n) is 6.46. The van der Waals surface area contributed by atoms with Gasteiger partial charge in [-0.15, -0.1) is 0 Å². The Morgan fingerprint density at radius 3 is 2.53 bits per heavy atom. The molecule has 5 nitrogen and oxygen atoms in total. The van der Waals surface area contributed by atoms with Crippen LogP contribution in [0, 0.1) is 0 Å². The molecule has 0 bridgehead atoms. The van der Waals surface area contributed by atoms with Gasteiger partial charge in [-0.05, 0) is 25.1 Å². The third kappa shape index (κ3) is 2.83. The van der Waals surface area contributed by atoms with Gasteiger partial charge in [-0.2, -0.15) is 0 Å². The van der Waals surface area contributed by atoms with Crippen LogP contribution < -0.4 is 15.2 Å². The Hall–Kier alpha value is -1.30. The van der Waals surface area contributed by atoms with Gasteiger partial charge in [0.05, 0.1) is 33.0 Å². The third-order valence-corrected chi connectivity index (χ3v) is 3.25. The summed E-state index contributed by atoms with van der Waals surface area (Å²) in [5.41, 5.74) is 6.57. The summed E-state index contributed by atoms with van der Waals surface area (Å²) in [6.45, 7) is 1.81. The van der Waals surface area contributed by atoms with Crippen molar-refractivity contribution in [2.75, 3.05) is 34.0 Å². The number of hydrogen-bond donors (Lipinski definition) is 1. The molecule has 19 heavy (non-hydrogen) atoms. The molecule has 0 radical (unpaired) electrons. The molecule has 106 valence electrons. The maximum Gasteiger partial charge on any atom is 0.199 e. The Morgan fingerprint density at radius 1 is 1.21 bits per heavy atom. The summed E-state index contributed by atoms with van der Waals surface area (Å²) in [6.07, 6.45) is 1.49. The molecule has 1 aromatic carbocycles. The second kappa shape index (κ2) is 6.23. The average Bonchev–Trinajstić information content (AvgIpc) is 2.47. The Labute approximate surface area is 113 Å². The van der Waals surface area contributed by atoms with Gasteiger partial charge in [0.15, 0.2) is 5.79 Å². The fraction of sp³-hybridized carbons (Fsp3) is 0.571. The fourth-order valence-electron chi connectivity index (χ4n) is 2.31. The van der Waals surface area contributed by atoms with Gasteiger partial charge in [0.25, 0.3) is 0 Å². The molecule has 0 unspecified atom stereocenters. The summed E-state index contributed by atoms with van der Waals surface area (Å²) in [5, 5.41) is 0. The molecule has 0 aromatic heterocycles. The van der Waals surface area contributed by atoms with Crippen molar-refractivity contribution in [3.8, 4) is 11.5 Å². The van der Waals surface area contributed by atoms with Crippen molar-refractivity contribution in [1.82, 2.24) is 0 Å². The SMILES string of the molecule is COc1ccc(C2(CCN)OCCCO2)c(OC)c1. The standard InChI is InChI=1S/C14H21NO4/c1-16-11-4-5-12(13(10-11)17-2)14(6-7-15)18-8-3-9-19-14/h4-5,10H,3,6-9,15H2,1-2H3. The molecule has 0 aliphatic carbocycles. The predicted octanol–water partition coefficient (Wildman–Crippen LogP) is 1.64. The zero-order valence-corrected chi connectivity index (χ0v) is 11.5. The van der Waals surface area contributed by atoms with Crippen LogP contribution in [-0.2, 0) is 15.3 Å². The highest BCUT2D eigenvalue weighted by Crippen LogP contribution is 2.40. The number of hydrogen-bond acceptors (Lipinski definition) is 5. The molecule has 1 aliphatic rings. The molecule has 1 heterocycles. The first-order chi connectivity index (χ1) is 9.25. The number of methoxy groups -OCH3 is 2. The van der Waals surface area contributed by atoms with E-state index in [2.05, 4.69) is 0 Å². The summed E-state index contributed by atoms with van der Waals surface area (Å²) in [4.78, 5) is 0. The maximum atomic E-state index is 5.89. The zero-order valence-electron chi connectivity index (χ0n) is 11.5. The Morgan fingerprint density at radius 2 is 1.95 bits per heavy atom. The van der Waals surface area contributed by atoms with Gasteiger partial charge in [-0.1, -0.05) is 0 Å². The molecule has 2 rings (SSSR count).